The van der Waals surface area contributed by atoms with Crippen LogP contribution in [-0.4, -0.2) is 39.2 Å². The van der Waals surface area contributed by atoms with Crippen LogP contribution in [0.15, 0.2) is 16.5 Å². The van der Waals surface area contributed by atoms with Crippen molar-refractivity contribution in [3.8, 4) is 0 Å². The highest BCUT2D eigenvalue weighted by atomic mass is 16.4. The average Bonchev–Trinajstić information content (AvgIpc) is 2.61. The molecule has 5 heteroatoms. The highest BCUT2D eigenvalue weighted by Gasteiger charge is 2.27. The second-order valence-corrected chi connectivity index (χ2v) is 3.13. The van der Waals surface area contributed by atoms with Crippen molar-refractivity contribution >= 4 is 0 Å². The molecule has 1 rings (SSSR count). The fourth-order valence-electron chi connectivity index (χ4n) is 1.10. The molecule has 1 aromatic heterocycles. The molecule has 80 valence electrons. The highest BCUT2D eigenvalue weighted by Crippen LogP contribution is 2.21. The van der Waals surface area contributed by atoms with Crippen LogP contribution in [-0.2, 0) is 0 Å². The molecule has 0 aliphatic heterocycles. The van der Waals surface area contributed by atoms with Gasteiger partial charge in [0.05, 0.1) is 6.61 Å². The Morgan fingerprint density at radius 3 is 2.36 bits per heavy atom. The summed E-state index contributed by atoms with van der Waals surface area (Å²) in [6.45, 7) is 1.09. The molecule has 0 saturated heterocycles. The summed E-state index contributed by atoms with van der Waals surface area (Å²) in [5.74, 6) is 0.771. The second-order valence-electron chi connectivity index (χ2n) is 3.13. The third kappa shape index (κ3) is 2.33. The van der Waals surface area contributed by atoms with Gasteiger partial charge in [-0.1, -0.05) is 0 Å². The molecule has 0 bridgehead atoms. The summed E-state index contributed by atoms with van der Waals surface area (Å²) in [6.07, 6.45) is -4.16. The molecule has 0 spiro atoms. The van der Waals surface area contributed by atoms with E-state index in [0.717, 1.165) is 0 Å². The maximum Gasteiger partial charge on any atom is 0.140 e. The van der Waals surface area contributed by atoms with Crippen molar-refractivity contribution in [2.45, 2.75) is 25.2 Å². The summed E-state index contributed by atoms with van der Waals surface area (Å²) < 4.78 is 5.06. The average molecular weight is 202 g/mol. The zero-order chi connectivity index (χ0) is 10.7. The molecule has 0 radical (unpaired) electrons. The predicted molar refractivity (Wildman–Crippen MR) is 47.5 cm³/mol. The Morgan fingerprint density at radius 2 is 1.93 bits per heavy atom. The van der Waals surface area contributed by atoms with Crippen molar-refractivity contribution in [2.75, 3.05) is 6.61 Å². The number of aryl methyl sites for hydroxylation is 1. The van der Waals surface area contributed by atoms with E-state index in [0.29, 0.717) is 5.76 Å². The van der Waals surface area contributed by atoms with Crippen LogP contribution in [0.4, 0.5) is 0 Å². The molecule has 3 atom stereocenters. The van der Waals surface area contributed by atoms with Gasteiger partial charge < -0.3 is 24.8 Å². The Morgan fingerprint density at radius 1 is 1.29 bits per heavy atom. The van der Waals surface area contributed by atoms with E-state index < -0.39 is 24.9 Å². The van der Waals surface area contributed by atoms with Crippen molar-refractivity contribution in [1.82, 2.24) is 0 Å². The molecule has 5 nitrogen and oxygen atoms in total. The molecule has 14 heavy (non-hydrogen) atoms. The first-order valence-corrected chi connectivity index (χ1v) is 4.27. The van der Waals surface area contributed by atoms with E-state index >= 15 is 0 Å². The molecule has 0 amide bonds. The monoisotopic (exact) mass is 202 g/mol. The van der Waals surface area contributed by atoms with Crippen molar-refractivity contribution in [2.24, 2.45) is 0 Å². The largest absolute Gasteiger partial charge is 0.464 e. The zero-order valence-corrected chi connectivity index (χ0v) is 7.79. The lowest BCUT2D eigenvalue weighted by Crippen LogP contribution is -2.34. The van der Waals surface area contributed by atoms with Gasteiger partial charge >= 0.3 is 0 Å². The Hall–Kier alpha value is -0.880. The summed E-state index contributed by atoms with van der Waals surface area (Å²) in [5.41, 5.74) is 0. The summed E-state index contributed by atoms with van der Waals surface area (Å²) in [4.78, 5) is 0. The number of aliphatic hydroxyl groups is 4. The van der Waals surface area contributed by atoms with Gasteiger partial charge in [0.1, 0.15) is 29.8 Å². The van der Waals surface area contributed by atoms with Gasteiger partial charge in [-0.3, -0.25) is 0 Å². The van der Waals surface area contributed by atoms with Crippen LogP contribution in [0.3, 0.4) is 0 Å². The van der Waals surface area contributed by atoms with Crippen LogP contribution >= 0.6 is 0 Å². The van der Waals surface area contributed by atoms with E-state index in [1.165, 1.54) is 6.07 Å². The third-order valence-electron chi connectivity index (χ3n) is 1.96. The van der Waals surface area contributed by atoms with E-state index in [1.54, 1.807) is 13.0 Å². The quantitative estimate of drug-likeness (QED) is 0.520. The van der Waals surface area contributed by atoms with Crippen LogP contribution in [0.25, 0.3) is 0 Å². The molecule has 4 N–H and O–H groups in total. The van der Waals surface area contributed by atoms with Crippen molar-refractivity contribution < 1.29 is 24.8 Å². The fourth-order valence-corrected chi connectivity index (χ4v) is 1.10. The molecule has 0 saturated carbocycles. The lowest BCUT2D eigenvalue weighted by Gasteiger charge is -2.19. The Labute approximate surface area is 81.2 Å². The van der Waals surface area contributed by atoms with Crippen LogP contribution in [0, 0.1) is 6.92 Å². The van der Waals surface area contributed by atoms with Crippen LogP contribution in [0.1, 0.15) is 17.6 Å². The molecule has 0 aliphatic carbocycles. The molecule has 0 aliphatic rings. The molecule has 1 heterocycles. The van der Waals surface area contributed by atoms with Crippen molar-refractivity contribution in [3.63, 3.8) is 0 Å². The number of rotatable bonds is 4. The van der Waals surface area contributed by atoms with Gasteiger partial charge in [0, 0.05) is 0 Å². The normalized spacial score (nSPS) is 17.8. The van der Waals surface area contributed by atoms with Crippen LogP contribution in [0.5, 0.6) is 0 Å². The minimum atomic E-state index is -1.45. The zero-order valence-electron chi connectivity index (χ0n) is 7.79. The maximum atomic E-state index is 9.49. The van der Waals surface area contributed by atoms with Gasteiger partial charge in [-0.25, -0.2) is 0 Å². The summed E-state index contributed by atoms with van der Waals surface area (Å²) in [6, 6.07) is 3.14. The molecular weight excluding hydrogens is 188 g/mol. The van der Waals surface area contributed by atoms with Gasteiger partial charge in [0.15, 0.2) is 0 Å². The molecule has 1 aromatic rings. The van der Waals surface area contributed by atoms with Gasteiger partial charge in [-0.05, 0) is 19.1 Å². The summed E-state index contributed by atoms with van der Waals surface area (Å²) in [5, 5.41) is 36.4. The standard InChI is InChI=1S/C9H14O5/c1-5-2-3-7(14-5)9(13)8(12)6(11)4-10/h2-3,6,8-13H,4H2,1H3. The van der Waals surface area contributed by atoms with Crippen LogP contribution < -0.4 is 0 Å². The molecule has 0 fully saturated rings. The SMILES string of the molecule is Cc1ccc(C(O)C(O)C(O)CO)o1. The first-order chi connectivity index (χ1) is 6.56. The van der Waals surface area contributed by atoms with Crippen LogP contribution in [0.2, 0.25) is 0 Å². The van der Waals surface area contributed by atoms with Gasteiger partial charge in [0.25, 0.3) is 0 Å². The van der Waals surface area contributed by atoms with Gasteiger partial charge in [-0.2, -0.15) is 0 Å². The first-order valence-electron chi connectivity index (χ1n) is 4.27. The van der Waals surface area contributed by atoms with Crippen molar-refractivity contribution in [3.05, 3.63) is 23.7 Å². The van der Waals surface area contributed by atoms with Gasteiger partial charge in [0.2, 0.25) is 0 Å². The van der Waals surface area contributed by atoms with E-state index in [-0.39, 0.29) is 5.76 Å². The maximum absolute atomic E-state index is 9.49. The molecule has 0 aromatic carbocycles. The number of hydrogen-bond donors (Lipinski definition) is 4. The van der Waals surface area contributed by atoms with Crippen molar-refractivity contribution in [1.29, 1.82) is 0 Å². The Kier molecular flexibility index (Phi) is 3.65. The molecule has 3 unspecified atom stereocenters. The number of furan rings is 1. The molecular formula is C9H14O5. The lowest BCUT2D eigenvalue weighted by atomic mass is 10.1. The summed E-state index contributed by atoms with van der Waals surface area (Å²) >= 11 is 0. The van der Waals surface area contributed by atoms with E-state index in [9.17, 15) is 10.2 Å². The number of aliphatic hydroxyl groups excluding tert-OH is 4. The van der Waals surface area contributed by atoms with E-state index in [4.69, 9.17) is 14.6 Å². The van der Waals surface area contributed by atoms with Gasteiger partial charge in [-0.15, -0.1) is 0 Å². The van der Waals surface area contributed by atoms with E-state index in [1.807, 2.05) is 0 Å². The smallest absolute Gasteiger partial charge is 0.140 e. The Balaban J connectivity index is 2.69. The third-order valence-corrected chi connectivity index (χ3v) is 1.96. The van der Waals surface area contributed by atoms with E-state index in [2.05, 4.69) is 0 Å². The fraction of sp³-hybridized carbons (Fsp3) is 0.556. The second kappa shape index (κ2) is 4.56. The first kappa shape index (κ1) is 11.2. The topological polar surface area (TPSA) is 94.1 Å². The number of hydrogen-bond acceptors (Lipinski definition) is 5. The minimum absolute atomic E-state index is 0.169. The minimum Gasteiger partial charge on any atom is -0.464 e. The lowest BCUT2D eigenvalue weighted by molar-refractivity contribution is -0.0837. The highest BCUT2D eigenvalue weighted by molar-refractivity contribution is 5.09. The Bertz CT molecular complexity index is 282. The summed E-state index contributed by atoms with van der Waals surface area (Å²) in [7, 11) is 0. The predicted octanol–water partition coefficient (Wildman–Crippen LogP) is -0.664.